The molecule has 230 valence electrons. The van der Waals surface area contributed by atoms with Gasteiger partial charge in [-0.3, -0.25) is 9.51 Å². The van der Waals surface area contributed by atoms with Crippen molar-refractivity contribution in [2.75, 3.05) is 0 Å². The lowest BCUT2D eigenvalue weighted by molar-refractivity contribution is 0.0697. The molecule has 45 heavy (non-hydrogen) atoms. The van der Waals surface area contributed by atoms with Crippen LogP contribution in [0.3, 0.4) is 0 Å². The summed E-state index contributed by atoms with van der Waals surface area (Å²) in [6.45, 7) is 7.11. The van der Waals surface area contributed by atoms with E-state index in [-0.39, 0.29) is 16.9 Å². The minimum atomic E-state index is -0.927. The molecule has 0 saturated carbocycles. The summed E-state index contributed by atoms with van der Waals surface area (Å²) in [5, 5.41) is 13.0. The van der Waals surface area contributed by atoms with Crippen LogP contribution in [0.25, 0.3) is 17.5 Å². The van der Waals surface area contributed by atoms with E-state index in [0.29, 0.717) is 12.4 Å². The van der Waals surface area contributed by atoms with Gasteiger partial charge in [-0.2, -0.15) is 0 Å². The molecular weight excluding hydrogens is 564 g/mol. The maximum Gasteiger partial charge on any atom is 0.439 e. The van der Waals surface area contributed by atoms with Crippen LogP contribution in [-0.2, 0) is 24.9 Å². The van der Waals surface area contributed by atoms with Crippen molar-refractivity contribution in [2.24, 2.45) is 5.92 Å². The molecule has 2 N–H and O–H groups in total. The number of aryl methyl sites for hydroxylation is 1. The minimum Gasteiger partial charge on any atom is -0.488 e. The van der Waals surface area contributed by atoms with Crippen molar-refractivity contribution in [3.8, 4) is 17.1 Å². The van der Waals surface area contributed by atoms with Crippen LogP contribution in [0.4, 0.5) is 0 Å². The van der Waals surface area contributed by atoms with Crippen LogP contribution >= 0.6 is 0 Å². The number of nitrogens with zero attached hydrogens (tertiary/aromatic N) is 1. The number of para-hydroxylation sites is 1. The lowest BCUT2D eigenvalue weighted by Gasteiger charge is -2.19. The number of rotatable bonds is 12. The molecule has 5 aromatic rings. The van der Waals surface area contributed by atoms with Gasteiger partial charge in [0.25, 0.3) is 0 Å². The molecule has 5 rings (SSSR count). The molecule has 1 heterocycles. The summed E-state index contributed by atoms with van der Waals surface area (Å²) in [6.07, 6.45) is 6.82. The molecular formula is C38H38N2O5. The molecule has 0 fully saturated rings. The van der Waals surface area contributed by atoms with Crippen LogP contribution in [-0.4, -0.2) is 21.2 Å². The van der Waals surface area contributed by atoms with Crippen LogP contribution in [0.5, 0.6) is 5.75 Å². The monoisotopic (exact) mass is 602 g/mol. The van der Waals surface area contributed by atoms with E-state index in [1.165, 1.54) is 5.56 Å². The molecule has 0 radical (unpaired) electrons. The van der Waals surface area contributed by atoms with Gasteiger partial charge in [0, 0.05) is 11.1 Å². The minimum absolute atomic E-state index is 0.106. The number of H-pyrrole nitrogens is 1. The van der Waals surface area contributed by atoms with E-state index >= 15 is 0 Å². The average molecular weight is 603 g/mol. The van der Waals surface area contributed by atoms with E-state index in [2.05, 4.69) is 77.9 Å². The number of aromatic amines is 1. The van der Waals surface area contributed by atoms with Crippen LogP contribution in [0, 0.1) is 5.92 Å². The number of carbonyl (C=O) groups is 1. The fourth-order valence-corrected chi connectivity index (χ4v) is 5.14. The van der Waals surface area contributed by atoms with E-state index in [4.69, 9.17) is 4.74 Å². The lowest BCUT2D eigenvalue weighted by atomic mass is 9.87. The Morgan fingerprint density at radius 3 is 2.22 bits per heavy atom. The molecule has 0 amide bonds. The summed E-state index contributed by atoms with van der Waals surface area (Å²) in [7, 11) is 0. The summed E-state index contributed by atoms with van der Waals surface area (Å²) in [4.78, 5) is 25.2. The third-order valence-electron chi connectivity index (χ3n) is 7.85. The first-order valence-electron chi connectivity index (χ1n) is 15.1. The maximum absolute atomic E-state index is 11.4. The van der Waals surface area contributed by atoms with Crippen molar-refractivity contribution in [1.29, 1.82) is 0 Å². The Morgan fingerprint density at radius 1 is 0.911 bits per heavy atom. The van der Waals surface area contributed by atoms with Gasteiger partial charge in [-0.1, -0.05) is 117 Å². The number of hydrogen-bond donors (Lipinski definition) is 2. The standard InChI is InChI=1S/C38H38N2O5/c1-38(2,3)33-22-15-29(16-23-33)25-44-34-7-5-4-6-30(34)17-12-27(9-8-26-10-20-32(21-11-26)36(41)42)24-28-13-18-31(19-14-28)35-39-37(43)45-40-35/h4-7,10-23,27H,8-9,24-25H2,1-3H3,(H,41,42)(H,39,40,43). The van der Waals surface area contributed by atoms with Crippen molar-refractivity contribution in [3.63, 3.8) is 0 Å². The van der Waals surface area contributed by atoms with Crippen molar-refractivity contribution in [3.05, 3.63) is 147 Å². The summed E-state index contributed by atoms with van der Waals surface area (Å²) in [6, 6.07) is 31.6. The van der Waals surface area contributed by atoms with Gasteiger partial charge in [0.05, 0.1) is 5.56 Å². The maximum atomic E-state index is 11.4. The Labute approximate surface area is 263 Å². The van der Waals surface area contributed by atoms with E-state index in [1.54, 1.807) is 12.1 Å². The number of ether oxygens (including phenoxy) is 1. The Kier molecular flexibility index (Phi) is 9.78. The topological polar surface area (TPSA) is 105 Å². The molecule has 0 spiro atoms. The van der Waals surface area contributed by atoms with E-state index < -0.39 is 11.7 Å². The van der Waals surface area contributed by atoms with Gasteiger partial charge in [0.15, 0.2) is 5.82 Å². The van der Waals surface area contributed by atoms with E-state index in [1.807, 2.05) is 54.6 Å². The van der Waals surface area contributed by atoms with Gasteiger partial charge >= 0.3 is 11.7 Å². The molecule has 7 nitrogen and oxygen atoms in total. The highest BCUT2D eigenvalue weighted by Crippen LogP contribution is 2.26. The Balaban J connectivity index is 1.31. The van der Waals surface area contributed by atoms with E-state index in [9.17, 15) is 14.7 Å². The summed E-state index contributed by atoms with van der Waals surface area (Å²) < 4.78 is 10.9. The molecule has 4 aromatic carbocycles. The highest BCUT2D eigenvalue weighted by molar-refractivity contribution is 5.87. The molecule has 1 atom stereocenters. The normalized spacial score (nSPS) is 12.3. The first-order chi connectivity index (χ1) is 21.6. The van der Waals surface area contributed by atoms with Crippen LogP contribution in [0.2, 0.25) is 0 Å². The molecule has 7 heteroatoms. The summed E-state index contributed by atoms with van der Waals surface area (Å²) in [5.41, 5.74) is 6.81. The number of benzene rings is 4. The van der Waals surface area contributed by atoms with Crippen LogP contribution in [0.1, 0.15) is 65.4 Å². The smallest absolute Gasteiger partial charge is 0.439 e. The van der Waals surface area contributed by atoms with Gasteiger partial charge < -0.3 is 9.84 Å². The molecule has 1 aromatic heterocycles. The van der Waals surface area contributed by atoms with Crippen molar-refractivity contribution >= 4 is 12.0 Å². The van der Waals surface area contributed by atoms with Crippen molar-refractivity contribution < 1.29 is 19.2 Å². The molecule has 1 unspecified atom stereocenters. The average Bonchev–Trinajstić information content (AvgIpc) is 3.48. The SMILES string of the molecule is CC(C)(C)c1ccc(COc2ccccc2C=CC(CCc2ccc(C(=O)O)cc2)Cc2ccc(-c3noc(=O)[nH]3)cc2)cc1. The third kappa shape index (κ3) is 8.70. The fourth-order valence-electron chi connectivity index (χ4n) is 5.14. The molecule has 0 bridgehead atoms. The number of hydrogen-bond acceptors (Lipinski definition) is 5. The highest BCUT2D eigenvalue weighted by Gasteiger charge is 2.14. The summed E-state index contributed by atoms with van der Waals surface area (Å²) >= 11 is 0. The predicted octanol–water partition coefficient (Wildman–Crippen LogP) is 8.11. The lowest BCUT2D eigenvalue weighted by Crippen LogP contribution is -2.10. The number of carboxylic acid groups (broad SMARTS) is 1. The van der Waals surface area contributed by atoms with E-state index in [0.717, 1.165) is 52.8 Å². The van der Waals surface area contributed by atoms with Crippen molar-refractivity contribution in [1.82, 2.24) is 10.1 Å². The Bertz CT molecular complexity index is 1790. The van der Waals surface area contributed by atoms with Crippen molar-refractivity contribution in [2.45, 2.75) is 52.1 Å². The number of aromatic carboxylic acids is 1. The number of nitrogens with one attached hydrogen (secondary N) is 1. The summed E-state index contributed by atoms with van der Waals surface area (Å²) in [5.74, 6) is -0.0984. The van der Waals surface area contributed by atoms with Gasteiger partial charge in [-0.25, -0.2) is 9.59 Å². The first-order valence-corrected chi connectivity index (χ1v) is 15.1. The van der Waals surface area contributed by atoms with Crippen LogP contribution < -0.4 is 10.5 Å². The second-order valence-corrected chi connectivity index (χ2v) is 12.3. The third-order valence-corrected chi connectivity index (χ3v) is 7.85. The fraction of sp³-hybridized carbons (Fsp3) is 0.237. The number of aromatic nitrogens is 2. The quantitative estimate of drug-likeness (QED) is 0.149. The van der Waals surface area contributed by atoms with Gasteiger partial charge in [-0.15, -0.1) is 0 Å². The number of carboxylic acids is 1. The second-order valence-electron chi connectivity index (χ2n) is 12.3. The molecule has 0 aliphatic heterocycles. The number of allylic oxidation sites excluding steroid dienone is 1. The van der Waals surface area contributed by atoms with Gasteiger partial charge in [-0.05, 0) is 71.0 Å². The Hall–Kier alpha value is -5.17. The second kappa shape index (κ2) is 14.1. The predicted molar refractivity (Wildman–Crippen MR) is 176 cm³/mol. The zero-order valence-electron chi connectivity index (χ0n) is 25.8. The molecule has 0 aliphatic carbocycles. The molecule has 0 saturated heterocycles. The zero-order chi connectivity index (χ0) is 31.8. The zero-order valence-corrected chi connectivity index (χ0v) is 25.8. The highest BCUT2D eigenvalue weighted by atomic mass is 16.5. The van der Waals surface area contributed by atoms with Gasteiger partial charge in [0.1, 0.15) is 12.4 Å². The Morgan fingerprint density at radius 2 is 1.58 bits per heavy atom. The van der Waals surface area contributed by atoms with Gasteiger partial charge in [0.2, 0.25) is 0 Å². The van der Waals surface area contributed by atoms with Crippen LogP contribution in [0.15, 0.2) is 112 Å². The largest absolute Gasteiger partial charge is 0.488 e. The molecule has 0 aliphatic rings. The first kappa shape index (κ1) is 31.3.